The Bertz CT molecular complexity index is 1170. The van der Waals surface area contributed by atoms with E-state index in [2.05, 4.69) is 37.5 Å². The molecule has 232 valence electrons. The van der Waals surface area contributed by atoms with Crippen LogP contribution in [0.5, 0.6) is 0 Å². The van der Waals surface area contributed by atoms with Crippen molar-refractivity contribution < 1.29 is 38.1 Å². The van der Waals surface area contributed by atoms with Crippen LogP contribution in [0.1, 0.15) is 66.4 Å². The van der Waals surface area contributed by atoms with Crippen molar-refractivity contribution in [1.29, 1.82) is 0 Å². The van der Waals surface area contributed by atoms with Gasteiger partial charge in [0.2, 0.25) is 5.91 Å². The van der Waals surface area contributed by atoms with E-state index in [-0.39, 0.29) is 55.2 Å². The fourth-order valence-electron chi connectivity index (χ4n) is 5.78. The number of carbonyl (C=O) groups excluding carboxylic acids is 3. The van der Waals surface area contributed by atoms with Gasteiger partial charge in [0.1, 0.15) is 36.6 Å². The second kappa shape index (κ2) is 12.8. The molecule has 2 N–H and O–H groups in total. The lowest BCUT2D eigenvalue weighted by Crippen LogP contribution is -2.56. The average molecular weight is 587 g/mol. The highest BCUT2D eigenvalue weighted by molar-refractivity contribution is 5.92. The van der Waals surface area contributed by atoms with Crippen molar-refractivity contribution in [1.82, 2.24) is 5.32 Å². The van der Waals surface area contributed by atoms with Crippen molar-refractivity contribution >= 4 is 23.5 Å². The second-order valence-electron chi connectivity index (χ2n) is 13.1. The zero-order chi connectivity index (χ0) is 30.7. The van der Waals surface area contributed by atoms with Crippen molar-refractivity contribution in [3.05, 3.63) is 41.5 Å². The van der Waals surface area contributed by atoms with Gasteiger partial charge in [0.05, 0.1) is 18.6 Å². The Labute approximate surface area is 248 Å². The number of hydrogen-bond acceptors (Lipinski definition) is 8. The molecule has 3 fully saturated rings. The molecule has 2 saturated heterocycles. The average Bonchev–Trinajstić information content (AvgIpc) is 3.84. The zero-order valence-corrected chi connectivity index (χ0v) is 25.9. The van der Waals surface area contributed by atoms with Crippen LogP contribution >= 0.6 is 0 Å². The van der Waals surface area contributed by atoms with Crippen molar-refractivity contribution in [3.63, 3.8) is 0 Å². The van der Waals surface area contributed by atoms with Crippen LogP contribution in [0.4, 0.5) is 10.5 Å². The highest BCUT2D eigenvalue weighted by Gasteiger charge is 2.72. The van der Waals surface area contributed by atoms with Crippen molar-refractivity contribution in [2.24, 2.45) is 11.3 Å². The van der Waals surface area contributed by atoms with Crippen LogP contribution in [0.15, 0.2) is 35.9 Å². The smallest absolute Gasteiger partial charge is 0.407 e. The number of ketones is 1. The maximum Gasteiger partial charge on any atom is 0.407 e. The Morgan fingerprint density at radius 1 is 1.12 bits per heavy atom. The van der Waals surface area contributed by atoms with Gasteiger partial charge in [-0.15, -0.1) is 0 Å². The SMILES string of the molecule is CO[C@@H]1[C@H](OC(=O)NCc2ccc(NC(=O)COCC(=O)C(C)(C)C)cc2)CC[C@]2(CO2)[C@H]1[C@]1(C)O[C@@H]1CC=C(C)C. The van der Waals surface area contributed by atoms with Gasteiger partial charge >= 0.3 is 6.09 Å². The van der Waals surface area contributed by atoms with E-state index in [1.807, 2.05) is 20.8 Å². The number of anilines is 1. The zero-order valence-electron chi connectivity index (χ0n) is 25.9. The molecule has 0 bridgehead atoms. The number of allylic oxidation sites excluding steroid dienone is 1. The van der Waals surface area contributed by atoms with E-state index >= 15 is 0 Å². The molecule has 2 heterocycles. The van der Waals surface area contributed by atoms with Gasteiger partial charge in [-0.1, -0.05) is 44.6 Å². The third kappa shape index (κ3) is 7.78. The molecule has 4 rings (SSSR count). The van der Waals surface area contributed by atoms with Crippen LogP contribution in [-0.2, 0) is 39.8 Å². The second-order valence-corrected chi connectivity index (χ2v) is 13.1. The molecule has 2 amide bonds. The third-order valence-electron chi connectivity index (χ3n) is 8.47. The summed E-state index contributed by atoms with van der Waals surface area (Å²) >= 11 is 0. The maximum absolute atomic E-state index is 12.8. The van der Waals surface area contributed by atoms with Crippen LogP contribution in [0.3, 0.4) is 0 Å². The van der Waals surface area contributed by atoms with E-state index in [0.29, 0.717) is 18.7 Å². The Kier molecular flexibility index (Phi) is 9.82. The topological polar surface area (TPSA) is 128 Å². The van der Waals surface area contributed by atoms with Gasteiger partial charge in [-0.25, -0.2) is 4.79 Å². The van der Waals surface area contributed by atoms with Gasteiger partial charge in [-0.05, 0) is 57.7 Å². The molecule has 0 aromatic heterocycles. The summed E-state index contributed by atoms with van der Waals surface area (Å²) in [6, 6.07) is 7.09. The molecule has 6 atom stereocenters. The van der Waals surface area contributed by atoms with Crippen molar-refractivity contribution in [3.8, 4) is 0 Å². The summed E-state index contributed by atoms with van der Waals surface area (Å²) in [4.78, 5) is 36.9. The summed E-state index contributed by atoms with van der Waals surface area (Å²) < 4.78 is 29.3. The molecule has 1 aliphatic carbocycles. The number of benzene rings is 1. The minimum absolute atomic E-state index is 0.0377. The predicted octanol–water partition coefficient (Wildman–Crippen LogP) is 4.56. The Morgan fingerprint density at radius 3 is 2.40 bits per heavy atom. The Hall–Kier alpha value is -2.79. The number of nitrogens with one attached hydrogen (secondary N) is 2. The summed E-state index contributed by atoms with van der Waals surface area (Å²) in [7, 11) is 1.65. The van der Waals surface area contributed by atoms with Crippen LogP contribution in [-0.4, -0.2) is 74.2 Å². The molecular weight excluding hydrogens is 540 g/mol. The number of Topliss-reactive ketones (excluding diaryl/α,β-unsaturated/α-hetero) is 1. The van der Waals surface area contributed by atoms with Crippen LogP contribution in [0.2, 0.25) is 0 Å². The van der Waals surface area contributed by atoms with E-state index in [1.54, 1.807) is 31.4 Å². The number of methoxy groups -OCH3 is 1. The summed E-state index contributed by atoms with van der Waals surface area (Å²) in [5, 5.41) is 5.56. The summed E-state index contributed by atoms with van der Waals surface area (Å²) in [5.41, 5.74) is 1.50. The number of carbonyl (C=O) groups is 3. The quantitative estimate of drug-likeness (QED) is 0.270. The van der Waals surface area contributed by atoms with Gasteiger partial charge in [0.15, 0.2) is 5.78 Å². The Morgan fingerprint density at radius 2 is 1.81 bits per heavy atom. The molecule has 0 radical (unpaired) electrons. The number of alkyl carbamates (subject to hydrolysis) is 1. The Balaban J connectivity index is 1.24. The van der Waals surface area contributed by atoms with E-state index in [4.69, 9.17) is 23.7 Å². The summed E-state index contributed by atoms with van der Waals surface area (Å²) in [6.07, 6.45) is 3.27. The minimum Gasteiger partial charge on any atom is -0.443 e. The van der Waals surface area contributed by atoms with Crippen LogP contribution in [0.25, 0.3) is 0 Å². The largest absolute Gasteiger partial charge is 0.443 e. The van der Waals surface area contributed by atoms with Crippen LogP contribution in [0, 0.1) is 11.3 Å². The molecule has 1 aromatic rings. The van der Waals surface area contributed by atoms with Gasteiger partial charge in [-0.3, -0.25) is 9.59 Å². The molecule has 3 aliphatic rings. The fraction of sp³-hybridized carbons (Fsp3) is 0.656. The highest BCUT2D eigenvalue weighted by Crippen LogP contribution is 2.59. The third-order valence-corrected chi connectivity index (χ3v) is 8.47. The number of rotatable bonds is 12. The molecule has 1 spiro atoms. The van der Waals surface area contributed by atoms with E-state index in [9.17, 15) is 14.4 Å². The van der Waals surface area contributed by atoms with E-state index in [0.717, 1.165) is 18.4 Å². The fourth-order valence-corrected chi connectivity index (χ4v) is 5.78. The molecule has 2 aliphatic heterocycles. The van der Waals surface area contributed by atoms with Gasteiger partial charge < -0.3 is 34.3 Å². The van der Waals surface area contributed by atoms with Gasteiger partial charge in [0, 0.05) is 24.8 Å². The lowest BCUT2D eigenvalue weighted by molar-refractivity contribution is -0.133. The number of hydrogen-bond donors (Lipinski definition) is 2. The predicted molar refractivity (Wildman–Crippen MR) is 157 cm³/mol. The first-order valence-electron chi connectivity index (χ1n) is 14.7. The summed E-state index contributed by atoms with van der Waals surface area (Å²) in [5.74, 6) is -0.455. The molecule has 42 heavy (non-hydrogen) atoms. The number of ether oxygens (including phenoxy) is 5. The lowest BCUT2D eigenvalue weighted by Gasteiger charge is -2.42. The molecular formula is C32H46N2O8. The number of epoxide rings is 2. The van der Waals surface area contributed by atoms with Crippen molar-refractivity contribution in [2.75, 3.05) is 32.2 Å². The minimum atomic E-state index is -0.518. The highest BCUT2D eigenvalue weighted by atomic mass is 16.6. The molecule has 10 heteroatoms. The first-order valence-corrected chi connectivity index (χ1v) is 14.7. The van der Waals surface area contributed by atoms with Gasteiger partial charge in [-0.2, -0.15) is 0 Å². The van der Waals surface area contributed by atoms with Crippen LogP contribution < -0.4 is 10.6 Å². The van der Waals surface area contributed by atoms with E-state index in [1.165, 1.54) is 5.57 Å². The van der Waals surface area contributed by atoms with Gasteiger partial charge in [0.25, 0.3) is 0 Å². The van der Waals surface area contributed by atoms with E-state index < -0.39 is 23.2 Å². The number of amides is 2. The first-order chi connectivity index (χ1) is 19.8. The monoisotopic (exact) mass is 586 g/mol. The normalized spacial score (nSPS) is 29.9. The van der Waals surface area contributed by atoms with Crippen molar-refractivity contribution in [2.45, 2.75) is 96.9 Å². The maximum atomic E-state index is 12.8. The molecule has 1 aromatic carbocycles. The lowest BCUT2D eigenvalue weighted by atomic mass is 9.68. The first kappa shape index (κ1) is 32.1. The molecule has 1 saturated carbocycles. The summed E-state index contributed by atoms with van der Waals surface area (Å²) in [6.45, 7) is 12.3. The standard InChI is InChI=1S/C32H46N2O8/c1-20(2)8-13-25-31(6,42-25)28-27(38-7)23(14-15-32(28)19-40-32)41-29(37)33-16-21-9-11-22(12-10-21)34-26(36)18-39-17-24(35)30(3,4)5/h8-12,23,25,27-28H,13-19H2,1-7H3,(H,33,37)(H,34,36)/t23-,25-,27-,28-,31-,32+/m1/s1. The molecule has 0 unspecified atom stereocenters. The molecule has 10 nitrogen and oxygen atoms in total.